The summed E-state index contributed by atoms with van der Waals surface area (Å²) >= 11 is 1.11. The van der Waals surface area contributed by atoms with Crippen molar-refractivity contribution in [1.29, 1.82) is 0 Å². The lowest BCUT2D eigenvalue weighted by Crippen LogP contribution is -2.01. The number of phenolic OH excluding ortho intramolecular Hbond substituents is 1. The Morgan fingerprint density at radius 1 is 0.962 bits per heavy atom. The molecule has 2 aromatic carbocycles. The number of benzene rings is 2. The fourth-order valence-electron chi connectivity index (χ4n) is 2.45. The number of aromatic hydroxyl groups is 1. The van der Waals surface area contributed by atoms with Gasteiger partial charge in [-0.3, -0.25) is 4.79 Å². The minimum atomic E-state index is -0.184. The highest BCUT2D eigenvalue weighted by molar-refractivity contribution is 8.14. The van der Waals surface area contributed by atoms with Crippen molar-refractivity contribution in [3.63, 3.8) is 0 Å². The summed E-state index contributed by atoms with van der Waals surface area (Å²) < 4.78 is 0. The van der Waals surface area contributed by atoms with E-state index in [2.05, 4.69) is 9.97 Å². The summed E-state index contributed by atoms with van der Waals surface area (Å²) in [5.74, 6) is 0.511. The van der Waals surface area contributed by atoms with E-state index in [4.69, 9.17) is 0 Å². The quantitative estimate of drug-likeness (QED) is 0.669. The first-order valence-corrected chi connectivity index (χ1v) is 8.92. The number of hydrogen-bond acceptors (Lipinski definition) is 5. The molecule has 1 N–H and O–H groups in total. The monoisotopic (exact) mass is 362 g/mol. The highest BCUT2D eigenvalue weighted by atomic mass is 32.2. The zero-order valence-corrected chi connectivity index (χ0v) is 15.3. The normalized spacial score (nSPS) is 11.0. The van der Waals surface area contributed by atoms with Gasteiger partial charge in [0.1, 0.15) is 5.75 Å². The summed E-state index contributed by atoms with van der Waals surface area (Å²) in [7, 11) is 0. The smallest absolute Gasteiger partial charge is 0.261 e. The molecule has 0 atom stereocenters. The Kier molecular flexibility index (Phi) is 5.49. The maximum atomic E-state index is 12.2. The van der Waals surface area contributed by atoms with Crippen LogP contribution in [0.4, 0.5) is 0 Å². The van der Waals surface area contributed by atoms with Crippen molar-refractivity contribution in [3.05, 3.63) is 82.9 Å². The number of aryl methyl sites for hydroxylation is 2. The Balaban J connectivity index is 1.70. The van der Waals surface area contributed by atoms with Gasteiger partial charge in [-0.2, -0.15) is 0 Å². The average Bonchev–Trinajstić information content (AvgIpc) is 2.65. The molecule has 0 aliphatic rings. The molecule has 26 heavy (non-hydrogen) atoms. The first-order valence-electron chi connectivity index (χ1n) is 8.10. The van der Waals surface area contributed by atoms with E-state index in [0.717, 1.165) is 38.9 Å². The van der Waals surface area contributed by atoms with Crippen molar-refractivity contribution in [1.82, 2.24) is 9.97 Å². The summed E-state index contributed by atoms with van der Waals surface area (Å²) in [6, 6.07) is 13.3. The van der Waals surface area contributed by atoms with Gasteiger partial charge in [0, 0.05) is 22.9 Å². The number of hydrogen-bond donors (Lipinski definition) is 1. The number of thioether (sulfide) groups is 1. The van der Waals surface area contributed by atoms with Crippen LogP contribution >= 0.6 is 11.8 Å². The van der Waals surface area contributed by atoms with Gasteiger partial charge in [-0.05, 0) is 66.6 Å². The lowest BCUT2D eigenvalue weighted by Gasteiger charge is -2.04. The van der Waals surface area contributed by atoms with Crippen LogP contribution in [0.5, 0.6) is 5.75 Å². The van der Waals surface area contributed by atoms with Crippen LogP contribution in [0.3, 0.4) is 0 Å². The molecule has 3 aromatic rings. The van der Waals surface area contributed by atoms with Crippen LogP contribution in [0, 0.1) is 13.8 Å². The summed E-state index contributed by atoms with van der Waals surface area (Å²) in [6.45, 7) is 3.74. The molecule has 5 heteroatoms. The lowest BCUT2D eigenvalue weighted by atomic mass is 10.1. The molecule has 0 amide bonds. The lowest BCUT2D eigenvalue weighted by molar-refractivity contribution is 0.108. The number of carbonyl (C=O) groups excluding carboxylic acids is 1. The van der Waals surface area contributed by atoms with Gasteiger partial charge < -0.3 is 5.11 Å². The highest BCUT2D eigenvalue weighted by Gasteiger charge is 2.10. The second kappa shape index (κ2) is 7.97. The van der Waals surface area contributed by atoms with Gasteiger partial charge in [-0.1, -0.05) is 30.4 Å². The fraction of sp³-hybridized carbons (Fsp3) is 0.0952. The van der Waals surface area contributed by atoms with E-state index in [0.29, 0.717) is 5.75 Å². The molecule has 0 aliphatic carbocycles. The van der Waals surface area contributed by atoms with Gasteiger partial charge in [0.2, 0.25) is 5.82 Å². The summed E-state index contributed by atoms with van der Waals surface area (Å²) in [5.41, 5.74) is 3.45. The maximum absolute atomic E-state index is 12.2. The Morgan fingerprint density at radius 3 is 2.15 bits per heavy atom. The molecular formula is C21H18N2O2S. The Bertz CT molecular complexity index is 929. The van der Waals surface area contributed by atoms with E-state index in [9.17, 15) is 9.90 Å². The van der Waals surface area contributed by atoms with E-state index >= 15 is 0 Å². The molecule has 0 aliphatic heterocycles. The molecule has 4 nitrogen and oxygen atoms in total. The number of carbonyl (C=O) groups is 1. The van der Waals surface area contributed by atoms with Crippen molar-refractivity contribution in [2.75, 3.05) is 0 Å². The predicted molar refractivity (Wildman–Crippen MR) is 105 cm³/mol. The molecule has 1 heterocycles. The SMILES string of the molecule is Cc1cc(C=Cc2cnc(C(=O)Sc3ccccc3)nc2)cc(C)c1O. The summed E-state index contributed by atoms with van der Waals surface area (Å²) in [5, 5.41) is 9.64. The molecule has 0 saturated heterocycles. The molecular weight excluding hydrogens is 344 g/mol. The van der Waals surface area contributed by atoms with Crippen molar-refractivity contribution < 1.29 is 9.90 Å². The minimum Gasteiger partial charge on any atom is -0.507 e. The van der Waals surface area contributed by atoms with Crippen LogP contribution in [0.25, 0.3) is 12.2 Å². The molecule has 0 radical (unpaired) electrons. The van der Waals surface area contributed by atoms with Gasteiger partial charge in [-0.15, -0.1) is 0 Å². The first-order chi connectivity index (χ1) is 12.5. The van der Waals surface area contributed by atoms with Crippen molar-refractivity contribution >= 4 is 29.0 Å². The molecule has 1 aromatic heterocycles. The largest absolute Gasteiger partial charge is 0.507 e. The van der Waals surface area contributed by atoms with Crippen LogP contribution in [0.15, 0.2) is 59.8 Å². The standard InChI is InChI=1S/C21H18N2O2S/c1-14-10-16(11-15(2)19(14)24)8-9-17-12-22-20(23-13-17)21(25)26-18-6-4-3-5-7-18/h3-13,24H,1-2H3. The van der Waals surface area contributed by atoms with Gasteiger partial charge in [0.05, 0.1) is 0 Å². The van der Waals surface area contributed by atoms with Gasteiger partial charge in [0.25, 0.3) is 5.12 Å². The summed E-state index contributed by atoms with van der Waals surface area (Å²) in [4.78, 5) is 21.4. The molecule has 0 spiro atoms. The van der Waals surface area contributed by atoms with Crippen molar-refractivity contribution in [3.8, 4) is 5.75 Å². The average molecular weight is 362 g/mol. The second-order valence-corrected chi connectivity index (χ2v) is 6.93. The molecule has 0 saturated carbocycles. The Labute approximate surface area is 156 Å². The number of nitrogens with zero attached hydrogens (tertiary/aromatic N) is 2. The highest BCUT2D eigenvalue weighted by Crippen LogP contribution is 2.24. The summed E-state index contributed by atoms with van der Waals surface area (Å²) in [6.07, 6.45) is 7.06. The van der Waals surface area contributed by atoms with Crippen LogP contribution in [0.1, 0.15) is 32.9 Å². The third-order valence-corrected chi connectivity index (χ3v) is 4.67. The van der Waals surface area contributed by atoms with Gasteiger partial charge in [0.15, 0.2) is 0 Å². The number of rotatable bonds is 4. The van der Waals surface area contributed by atoms with E-state index in [1.54, 1.807) is 12.4 Å². The number of aromatic nitrogens is 2. The van der Waals surface area contributed by atoms with Crippen LogP contribution < -0.4 is 0 Å². The van der Waals surface area contributed by atoms with Crippen molar-refractivity contribution in [2.45, 2.75) is 18.7 Å². The van der Waals surface area contributed by atoms with E-state index in [1.807, 2.05) is 68.5 Å². The third-order valence-electron chi connectivity index (χ3n) is 3.79. The topological polar surface area (TPSA) is 63.1 Å². The zero-order valence-electron chi connectivity index (χ0n) is 14.5. The molecule has 0 fully saturated rings. The van der Waals surface area contributed by atoms with E-state index < -0.39 is 0 Å². The molecule has 130 valence electrons. The van der Waals surface area contributed by atoms with E-state index in [-0.39, 0.29) is 10.9 Å². The first kappa shape index (κ1) is 17.9. The molecule has 0 unspecified atom stereocenters. The van der Waals surface area contributed by atoms with Gasteiger partial charge in [-0.25, -0.2) is 9.97 Å². The number of phenols is 1. The van der Waals surface area contributed by atoms with Crippen LogP contribution in [-0.2, 0) is 0 Å². The van der Waals surface area contributed by atoms with Crippen LogP contribution in [0.2, 0.25) is 0 Å². The zero-order chi connectivity index (χ0) is 18.5. The molecule has 0 bridgehead atoms. The third kappa shape index (κ3) is 4.37. The van der Waals surface area contributed by atoms with Gasteiger partial charge >= 0.3 is 0 Å². The van der Waals surface area contributed by atoms with Crippen molar-refractivity contribution in [2.24, 2.45) is 0 Å². The van der Waals surface area contributed by atoms with Crippen LogP contribution in [-0.4, -0.2) is 20.2 Å². The maximum Gasteiger partial charge on any atom is 0.261 e. The Hall–Kier alpha value is -2.92. The van der Waals surface area contributed by atoms with E-state index in [1.165, 1.54) is 0 Å². The Morgan fingerprint density at radius 2 is 1.54 bits per heavy atom. The predicted octanol–water partition coefficient (Wildman–Crippen LogP) is 4.90. The molecule has 3 rings (SSSR count). The fourth-order valence-corrected chi connectivity index (χ4v) is 3.15. The minimum absolute atomic E-state index is 0.184. The second-order valence-electron chi connectivity index (χ2n) is 5.88.